The third-order valence-corrected chi connectivity index (χ3v) is 2.87. The Morgan fingerprint density at radius 1 is 1.50 bits per heavy atom. The molecule has 1 unspecified atom stereocenters. The number of hydrogen-bond acceptors (Lipinski definition) is 3. The molecule has 4 nitrogen and oxygen atoms in total. The van der Waals surface area contributed by atoms with Crippen LogP contribution in [0, 0.1) is 18.3 Å². The molecule has 0 radical (unpaired) electrons. The van der Waals surface area contributed by atoms with Gasteiger partial charge in [0.05, 0.1) is 6.07 Å². The summed E-state index contributed by atoms with van der Waals surface area (Å²) < 4.78 is 0. The fourth-order valence-corrected chi connectivity index (χ4v) is 1.75. The molecule has 1 aromatic rings. The van der Waals surface area contributed by atoms with E-state index in [0.717, 1.165) is 11.3 Å². The number of carboxylic acids is 1. The molecule has 0 heterocycles. The van der Waals surface area contributed by atoms with Crippen LogP contribution in [-0.4, -0.2) is 16.6 Å². The Kier molecular flexibility index (Phi) is 4.73. The van der Waals surface area contributed by atoms with Gasteiger partial charge in [-0.15, -0.1) is 0 Å². The lowest BCUT2D eigenvalue weighted by molar-refractivity contribution is -0.137. The predicted molar refractivity (Wildman–Crippen MR) is 70.3 cm³/mol. The van der Waals surface area contributed by atoms with Gasteiger partial charge in [0.15, 0.2) is 0 Å². The Labute approximate surface area is 107 Å². The van der Waals surface area contributed by atoms with Crippen molar-refractivity contribution in [2.45, 2.75) is 38.6 Å². The first-order chi connectivity index (χ1) is 8.47. The van der Waals surface area contributed by atoms with E-state index in [1.165, 1.54) is 0 Å². The van der Waals surface area contributed by atoms with Crippen molar-refractivity contribution < 1.29 is 9.90 Å². The highest BCUT2D eigenvalue weighted by Gasteiger charge is 2.23. The molecule has 0 aliphatic carbocycles. The highest BCUT2D eigenvalue weighted by molar-refractivity contribution is 5.66. The zero-order chi connectivity index (χ0) is 13.6. The second-order valence-electron chi connectivity index (χ2n) is 4.63. The molecule has 0 saturated carbocycles. The number of nitrogens with zero attached hydrogens (tertiary/aromatic N) is 1. The molecule has 0 fully saturated rings. The first-order valence-corrected chi connectivity index (χ1v) is 5.94. The zero-order valence-electron chi connectivity index (χ0n) is 10.7. The maximum Gasteiger partial charge on any atom is 0.303 e. The quantitative estimate of drug-likeness (QED) is 0.809. The van der Waals surface area contributed by atoms with Gasteiger partial charge in [-0.05, 0) is 38.3 Å². The van der Waals surface area contributed by atoms with Crippen LogP contribution in [0.2, 0.25) is 0 Å². The second kappa shape index (κ2) is 6.06. The monoisotopic (exact) mass is 246 g/mol. The first kappa shape index (κ1) is 14.0. The van der Waals surface area contributed by atoms with Crippen LogP contribution < -0.4 is 5.32 Å². The van der Waals surface area contributed by atoms with E-state index in [-0.39, 0.29) is 6.42 Å². The van der Waals surface area contributed by atoms with Gasteiger partial charge in [0.25, 0.3) is 0 Å². The number of anilines is 1. The van der Waals surface area contributed by atoms with Crippen molar-refractivity contribution in [1.29, 1.82) is 5.26 Å². The smallest absolute Gasteiger partial charge is 0.303 e. The van der Waals surface area contributed by atoms with Crippen LogP contribution in [0.4, 0.5) is 5.69 Å². The summed E-state index contributed by atoms with van der Waals surface area (Å²) in [6, 6.07) is 9.96. The molecular weight excluding hydrogens is 228 g/mol. The fourth-order valence-electron chi connectivity index (χ4n) is 1.75. The molecular formula is C14H18N2O2. The van der Waals surface area contributed by atoms with Gasteiger partial charge in [-0.1, -0.05) is 18.2 Å². The number of carboxylic acid groups (broad SMARTS) is 1. The summed E-state index contributed by atoms with van der Waals surface area (Å²) in [6.07, 6.45) is 1.08. The molecule has 1 aromatic carbocycles. The predicted octanol–water partition coefficient (Wildman–Crippen LogP) is 2.94. The summed E-state index contributed by atoms with van der Waals surface area (Å²) in [7, 11) is 0. The van der Waals surface area contributed by atoms with Crippen molar-refractivity contribution in [3.8, 4) is 6.07 Å². The average Bonchev–Trinajstić information content (AvgIpc) is 2.32. The highest BCUT2D eigenvalue weighted by atomic mass is 16.4. The van der Waals surface area contributed by atoms with Crippen LogP contribution in [0.1, 0.15) is 31.7 Å². The van der Waals surface area contributed by atoms with E-state index in [0.29, 0.717) is 12.8 Å². The van der Waals surface area contributed by atoms with Crippen molar-refractivity contribution in [3.63, 3.8) is 0 Å². The van der Waals surface area contributed by atoms with Gasteiger partial charge in [0.2, 0.25) is 0 Å². The third kappa shape index (κ3) is 4.10. The number of para-hydroxylation sites is 1. The van der Waals surface area contributed by atoms with E-state index in [2.05, 4.69) is 11.4 Å². The van der Waals surface area contributed by atoms with Gasteiger partial charge in [-0.25, -0.2) is 0 Å². The lowest BCUT2D eigenvalue weighted by Gasteiger charge is -2.25. The average molecular weight is 246 g/mol. The zero-order valence-corrected chi connectivity index (χ0v) is 10.7. The third-order valence-electron chi connectivity index (χ3n) is 2.87. The molecule has 18 heavy (non-hydrogen) atoms. The standard InChI is InChI=1S/C14H18N2O2/c1-11-6-3-4-7-12(11)16-14(2,10-15)9-5-8-13(17)18/h3-4,6-7,16H,5,8-9H2,1-2H3,(H,17,18). The van der Waals surface area contributed by atoms with Crippen molar-refractivity contribution >= 4 is 11.7 Å². The lowest BCUT2D eigenvalue weighted by Crippen LogP contribution is -2.33. The number of aliphatic carboxylic acids is 1. The minimum absolute atomic E-state index is 0.0900. The molecule has 96 valence electrons. The van der Waals surface area contributed by atoms with Crippen molar-refractivity contribution in [2.75, 3.05) is 5.32 Å². The lowest BCUT2D eigenvalue weighted by atomic mass is 9.95. The van der Waals surface area contributed by atoms with E-state index < -0.39 is 11.5 Å². The number of carbonyl (C=O) groups is 1. The summed E-state index contributed by atoms with van der Waals surface area (Å²) in [5.41, 5.74) is 1.25. The van der Waals surface area contributed by atoms with Gasteiger partial charge < -0.3 is 10.4 Å². The van der Waals surface area contributed by atoms with E-state index in [1.807, 2.05) is 31.2 Å². The maximum absolute atomic E-state index is 10.5. The van der Waals surface area contributed by atoms with Gasteiger partial charge in [-0.3, -0.25) is 4.79 Å². The molecule has 2 N–H and O–H groups in total. The van der Waals surface area contributed by atoms with Crippen LogP contribution in [0.5, 0.6) is 0 Å². The molecule has 0 aliphatic rings. The number of nitrogens with one attached hydrogen (secondary N) is 1. The van der Waals surface area contributed by atoms with Crippen molar-refractivity contribution in [3.05, 3.63) is 29.8 Å². The van der Waals surface area contributed by atoms with E-state index in [4.69, 9.17) is 5.11 Å². The number of hydrogen-bond donors (Lipinski definition) is 2. The highest BCUT2D eigenvalue weighted by Crippen LogP contribution is 2.22. The Morgan fingerprint density at radius 2 is 2.17 bits per heavy atom. The molecule has 1 atom stereocenters. The number of benzene rings is 1. The summed E-state index contributed by atoms with van der Waals surface area (Å²) in [5.74, 6) is -0.828. The summed E-state index contributed by atoms with van der Waals surface area (Å²) in [4.78, 5) is 10.5. The minimum Gasteiger partial charge on any atom is -0.481 e. The van der Waals surface area contributed by atoms with Gasteiger partial charge in [0, 0.05) is 12.1 Å². The Balaban J connectivity index is 2.68. The normalized spacial score (nSPS) is 13.4. The summed E-state index contributed by atoms with van der Waals surface area (Å²) >= 11 is 0. The van der Waals surface area contributed by atoms with Crippen LogP contribution in [0.3, 0.4) is 0 Å². The Hall–Kier alpha value is -2.02. The second-order valence-corrected chi connectivity index (χ2v) is 4.63. The molecule has 0 amide bonds. The van der Waals surface area contributed by atoms with Crippen molar-refractivity contribution in [2.24, 2.45) is 0 Å². The molecule has 1 rings (SSSR count). The number of rotatable bonds is 6. The molecule has 0 aromatic heterocycles. The fraction of sp³-hybridized carbons (Fsp3) is 0.429. The molecule has 4 heteroatoms. The molecule has 0 aliphatic heterocycles. The Morgan fingerprint density at radius 3 is 2.72 bits per heavy atom. The largest absolute Gasteiger partial charge is 0.481 e. The van der Waals surface area contributed by atoms with Crippen molar-refractivity contribution in [1.82, 2.24) is 0 Å². The van der Waals surface area contributed by atoms with Crippen LogP contribution in [0.25, 0.3) is 0 Å². The van der Waals surface area contributed by atoms with Gasteiger partial charge >= 0.3 is 5.97 Å². The maximum atomic E-state index is 10.5. The van der Waals surface area contributed by atoms with E-state index in [9.17, 15) is 10.1 Å². The van der Waals surface area contributed by atoms with Crippen LogP contribution >= 0.6 is 0 Å². The number of nitriles is 1. The first-order valence-electron chi connectivity index (χ1n) is 5.94. The van der Waals surface area contributed by atoms with Crippen LogP contribution in [-0.2, 0) is 4.79 Å². The topological polar surface area (TPSA) is 73.1 Å². The SMILES string of the molecule is Cc1ccccc1NC(C)(C#N)CCCC(=O)O. The number of aryl methyl sites for hydroxylation is 1. The van der Waals surface area contributed by atoms with Crippen LogP contribution in [0.15, 0.2) is 24.3 Å². The Bertz CT molecular complexity index is 465. The molecule has 0 bridgehead atoms. The van der Waals surface area contributed by atoms with Gasteiger partial charge in [-0.2, -0.15) is 5.26 Å². The minimum atomic E-state index is -0.828. The van der Waals surface area contributed by atoms with E-state index in [1.54, 1.807) is 6.92 Å². The summed E-state index contributed by atoms with van der Waals surface area (Å²) in [5, 5.41) is 21.0. The summed E-state index contributed by atoms with van der Waals surface area (Å²) in [6.45, 7) is 3.76. The molecule has 0 spiro atoms. The molecule has 0 saturated heterocycles. The van der Waals surface area contributed by atoms with Gasteiger partial charge in [0.1, 0.15) is 5.54 Å². The van der Waals surface area contributed by atoms with E-state index >= 15 is 0 Å².